The first kappa shape index (κ1) is 14.7. The van der Waals surface area contributed by atoms with Gasteiger partial charge in [-0.2, -0.15) is 0 Å². The number of ether oxygens (including phenoxy) is 2. The Morgan fingerprint density at radius 1 is 1.12 bits per heavy atom. The second kappa shape index (κ2) is 5.33. The van der Waals surface area contributed by atoms with Crippen molar-refractivity contribution in [3.8, 4) is 22.6 Å². The van der Waals surface area contributed by atoms with Gasteiger partial charge < -0.3 is 15.2 Å². The zero-order valence-corrected chi connectivity index (χ0v) is 13.8. The first-order valence-electron chi connectivity index (χ1n) is 7.87. The Morgan fingerprint density at radius 2 is 1.92 bits per heavy atom. The summed E-state index contributed by atoms with van der Waals surface area (Å²) in [7, 11) is 0. The van der Waals surface area contributed by atoms with Crippen molar-refractivity contribution in [1.29, 1.82) is 0 Å². The third kappa shape index (κ3) is 2.14. The minimum atomic E-state index is 0.247. The predicted octanol–water partition coefficient (Wildman–Crippen LogP) is 3.43. The fourth-order valence-corrected chi connectivity index (χ4v) is 3.31. The van der Waals surface area contributed by atoms with E-state index in [0.29, 0.717) is 11.5 Å². The van der Waals surface area contributed by atoms with Gasteiger partial charge in [0.05, 0.1) is 5.39 Å². The van der Waals surface area contributed by atoms with E-state index in [9.17, 15) is 0 Å². The van der Waals surface area contributed by atoms with Gasteiger partial charge in [-0.05, 0) is 36.1 Å². The standard InChI is InChI=1S/C18H18N4O2/c1-9(2)14-10(3)22-18-16(17(19)20-7-21-18)15(14)11-4-5-12-13(6-11)24-8-23-12/h4-7,9H,8H2,1-3H3,(H2,19,20,21,22). The molecule has 3 heterocycles. The van der Waals surface area contributed by atoms with Gasteiger partial charge in [0.1, 0.15) is 12.1 Å². The molecule has 122 valence electrons. The largest absolute Gasteiger partial charge is 0.454 e. The van der Waals surface area contributed by atoms with E-state index in [1.54, 1.807) is 0 Å². The smallest absolute Gasteiger partial charge is 0.231 e. The molecule has 0 atom stereocenters. The number of rotatable bonds is 2. The van der Waals surface area contributed by atoms with Crippen LogP contribution in [0.5, 0.6) is 11.5 Å². The Kier molecular flexibility index (Phi) is 3.26. The maximum Gasteiger partial charge on any atom is 0.231 e. The van der Waals surface area contributed by atoms with Crippen LogP contribution in [0, 0.1) is 6.92 Å². The quantitative estimate of drug-likeness (QED) is 0.778. The number of benzene rings is 1. The third-order valence-electron chi connectivity index (χ3n) is 4.28. The van der Waals surface area contributed by atoms with Gasteiger partial charge in [0.25, 0.3) is 0 Å². The molecular formula is C18H18N4O2. The van der Waals surface area contributed by atoms with Crippen LogP contribution in [0.25, 0.3) is 22.2 Å². The molecule has 4 rings (SSSR count). The molecule has 0 radical (unpaired) electrons. The van der Waals surface area contributed by atoms with Crippen molar-refractivity contribution < 1.29 is 9.47 Å². The molecule has 0 spiro atoms. The predicted molar refractivity (Wildman–Crippen MR) is 92.1 cm³/mol. The van der Waals surface area contributed by atoms with Gasteiger partial charge in [-0.15, -0.1) is 0 Å². The highest BCUT2D eigenvalue weighted by Gasteiger charge is 2.22. The van der Waals surface area contributed by atoms with E-state index in [1.807, 2.05) is 25.1 Å². The summed E-state index contributed by atoms with van der Waals surface area (Å²) in [4.78, 5) is 13.1. The van der Waals surface area contributed by atoms with Gasteiger partial charge in [0.15, 0.2) is 17.1 Å². The van der Waals surface area contributed by atoms with Crippen LogP contribution in [0.1, 0.15) is 31.0 Å². The normalized spacial score (nSPS) is 13.0. The van der Waals surface area contributed by atoms with E-state index < -0.39 is 0 Å². The van der Waals surface area contributed by atoms with E-state index in [4.69, 9.17) is 15.2 Å². The van der Waals surface area contributed by atoms with Gasteiger partial charge in [0, 0.05) is 11.3 Å². The molecule has 0 saturated heterocycles. The number of fused-ring (bicyclic) bond motifs is 2. The number of nitrogens with two attached hydrogens (primary N) is 1. The lowest BCUT2D eigenvalue weighted by Gasteiger charge is -2.18. The Labute approximate surface area is 139 Å². The highest BCUT2D eigenvalue weighted by atomic mass is 16.7. The molecule has 3 aromatic rings. The lowest BCUT2D eigenvalue weighted by Crippen LogP contribution is -2.05. The summed E-state index contributed by atoms with van der Waals surface area (Å²) in [5.41, 5.74) is 10.9. The number of nitrogen functional groups attached to an aromatic ring is 1. The van der Waals surface area contributed by atoms with E-state index in [-0.39, 0.29) is 12.7 Å². The van der Waals surface area contributed by atoms with Gasteiger partial charge in [-0.25, -0.2) is 15.0 Å². The van der Waals surface area contributed by atoms with Crippen molar-refractivity contribution in [3.05, 3.63) is 35.8 Å². The van der Waals surface area contributed by atoms with Crippen LogP contribution in [0.2, 0.25) is 0 Å². The summed E-state index contributed by atoms with van der Waals surface area (Å²) >= 11 is 0. The molecule has 0 aliphatic carbocycles. The Morgan fingerprint density at radius 3 is 2.71 bits per heavy atom. The fraction of sp³-hybridized carbons (Fsp3) is 0.278. The SMILES string of the molecule is Cc1nc2ncnc(N)c2c(-c2ccc3c(c2)OCO3)c1C(C)C. The molecule has 2 aromatic heterocycles. The Bertz CT molecular complexity index is 953. The van der Waals surface area contributed by atoms with Crippen molar-refractivity contribution >= 4 is 16.9 Å². The summed E-state index contributed by atoms with van der Waals surface area (Å²) in [6.07, 6.45) is 1.45. The monoisotopic (exact) mass is 322 g/mol. The van der Waals surface area contributed by atoms with Crippen molar-refractivity contribution in [2.24, 2.45) is 0 Å². The molecule has 0 saturated carbocycles. The van der Waals surface area contributed by atoms with Crippen molar-refractivity contribution in [2.75, 3.05) is 12.5 Å². The summed E-state index contributed by atoms with van der Waals surface area (Å²) in [5, 5.41) is 0.783. The van der Waals surface area contributed by atoms with Gasteiger partial charge >= 0.3 is 0 Å². The maximum atomic E-state index is 6.18. The molecule has 1 aliphatic rings. The van der Waals surface area contributed by atoms with Crippen LogP contribution >= 0.6 is 0 Å². The molecular weight excluding hydrogens is 304 g/mol. The van der Waals surface area contributed by atoms with Gasteiger partial charge in [-0.3, -0.25) is 0 Å². The van der Waals surface area contributed by atoms with Crippen LogP contribution in [0.4, 0.5) is 5.82 Å². The van der Waals surface area contributed by atoms with Crippen molar-refractivity contribution in [1.82, 2.24) is 15.0 Å². The second-order valence-corrected chi connectivity index (χ2v) is 6.17. The first-order valence-corrected chi connectivity index (χ1v) is 7.87. The number of aromatic nitrogens is 3. The van der Waals surface area contributed by atoms with Crippen molar-refractivity contribution in [2.45, 2.75) is 26.7 Å². The second-order valence-electron chi connectivity index (χ2n) is 6.17. The molecule has 6 nitrogen and oxygen atoms in total. The van der Waals surface area contributed by atoms with E-state index in [2.05, 4.69) is 28.8 Å². The lowest BCUT2D eigenvalue weighted by atomic mass is 9.89. The van der Waals surface area contributed by atoms with Crippen molar-refractivity contribution in [3.63, 3.8) is 0 Å². The number of nitrogens with zero attached hydrogens (tertiary/aromatic N) is 3. The minimum Gasteiger partial charge on any atom is -0.454 e. The topological polar surface area (TPSA) is 83.2 Å². The molecule has 2 N–H and O–H groups in total. The van der Waals surface area contributed by atoms with E-state index in [1.165, 1.54) is 6.33 Å². The van der Waals surface area contributed by atoms with Crippen LogP contribution in [0.15, 0.2) is 24.5 Å². The summed E-state index contributed by atoms with van der Waals surface area (Å²) in [5.74, 6) is 2.20. The summed E-state index contributed by atoms with van der Waals surface area (Å²) in [6, 6.07) is 5.91. The highest BCUT2D eigenvalue weighted by molar-refractivity contribution is 6.01. The molecule has 6 heteroatoms. The number of aryl methyl sites for hydroxylation is 1. The van der Waals surface area contributed by atoms with Crippen LogP contribution in [0.3, 0.4) is 0 Å². The molecule has 0 bridgehead atoms. The molecule has 1 aliphatic heterocycles. The molecule has 0 fully saturated rings. The Hall–Kier alpha value is -2.89. The third-order valence-corrected chi connectivity index (χ3v) is 4.28. The fourth-order valence-electron chi connectivity index (χ4n) is 3.31. The molecule has 0 amide bonds. The average Bonchev–Trinajstić information content (AvgIpc) is 3.00. The molecule has 0 unspecified atom stereocenters. The van der Waals surface area contributed by atoms with E-state index >= 15 is 0 Å². The molecule has 1 aromatic carbocycles. The number of hydrogen-bond acceptors (Lipinski definition) is 6. The highest BCUT2D eigenvalue weighted by Crippen LogP contribution is 2.42. The minimum absolute atomic E-state index is 0.247. The zero-order valence-electron chi connectivity index (χ0n) is 13.8. The Balaban J connectivity index is 2.10. The summed E-state index contributed by atoms with van der Waals surface area (Å²) < 4.78 is 11.0. The zero-order chi connectivity index (χ0) is 16.8. The van der Waals surface area contributed by atoms with Gasteiger partial charge in [-0.1, -0.05) is 19.9 Å². The molecule has 24 heavy (non-hydrogen) atoms. The lowest BCUT2D eigenvalue weighted by molar-refractivity contribution is 0.174. The van der Waals surface area contributed by atoms with E-state index in [0.717, 1.165) is 39.3 Å². The number of hydrogen-bond donors (Lipinski definition) is 1. The van der Waals surface area contributed by atoms with Crippen LogP contribution in [-0.4, -0.2) is 21.7 Å². The first-order chi connectivity index (χ1) is 11.6. The number of pyridine rings is 1. The van der Waals surface area contributed by atoms with Crippen LogP contribution in [-0.2, 0) is 0 Å². The average molecular weight is 322 g/mol. The summed E-state index contributed by atoms with van der Waals surface area (Å²) in [6.45, 7) is 6.54. The maximum absolute atomic E-state index is 6.18. The number of anilines is 1. The van der Waals surface area contributed by atoms with Crippen LogP contribution < -0.4 is 15.2 Å². The van der Waals surface area contributed by atoms with Gasteiger partial charge in [0.2, 0.25) is 6.79 Å².